The zero-order valence-electron chi connectivity index (χ0n) is 11.4. The summed E-state index contributed by atoms with van der Waals surface area (Å²) in [5.74, 6) is -1.03. The van der Waals surface area contributed by atoms with Crippen LogP contribution in [0.2, 0.25) is 5.02 Å². The maximum Gasteiger partial charge on any atom is 0.182 e. The van der Waals surface area contributed by atoms with Crippen molar-refractivity contribution in [1.82, 2.24) is 0 Å². The quantitative estimate of drug-likeness (QED) is 0.590. The summed E-state index contributed by atoms with van der Waals surface area (Å²) in [6.07, 6.45) is 3.59. The van der Waals surface area contributed by atoms with Crippen molar-refractivity contribution in [2.24, 2.45) is 0 Å². The van der Waals surface area contributed by atoms with Crippen molar-refractivity contribution in [2.45, 2.75) is 0 Å². The molecule has 2 aromatic rings. The van der Waals surface area contributed by atoms with Gasteiger partial charge in [-0.15, -0.1) is 0 Å². The number of carbonyl (C=O) groups is 1. The highest BCUT2D eigenvalue weighted by Crippen LogP contribution is 2.26. The average Bonchev–Trinajstić information content (AvgIpc) is 2.48. The van der Waals surface area contributed by atoms with Gasteiger partial charge < -0.3 is 15.3 Å². The van der Waals surface area contributed by atoms with Crippen molar-refractivity contribution >= 4 is 29.2 Å². The van der Waals surface area contributed by atoms with Crippen molar-refractivity contribution in [3.8, 4) is 11.5 Å². The van der Waals surface area contributed by atoms with E-state index >= 15 is 0 Å². The number of phenols is 2. The molecule has 0 bridgehead atoms. The summed E-state index contributed by atoms with van der Waals surface area (Å²) >= 11 is 5.78. The highest BCUT2D eigenvalue weighted by Gasteiger charge is 2.08. The predicted molar refractivity (Wildman–Crippen MR) is 85.9 cm³/mol. The fraction of sp³-hybridized carbons (Fsp3) is 0. The van der Waals surface area contributed by atoms with E-state index in [-0.39, 0.29) is 17.1 Å². The van der Waals surface area contributed by atoms with Gasteiger partial charge in [-0.1, -0.05) is 29.8 Å². The van der Waals surface area contributed by atoms with Crippen LogP contribution < -0.4 is 0 Å². The van der Waals surface area contributed by atoms with Crippen LogP contribution in [0.5, 0.6) is 11.5 Å². The lowest BCUT2D eigenvalue weighted by atomic mass is 10.1. The van der Waals surface area contributed by atoms with E-state index in [1.165, 1.54) is 36.4 Å². The summed E-state index contributed by atoms with van der Waals surface area (Å²) in [5.41, 5.74) is 0.547. The SMILES string of the molecule is O=C(/C=C(\O)c1cc(Cl)ccc1O)/C=C/c1ccccc1O. The lowest BCUT2D eigenvalue weighted by Gasteiger charge is -2.03. The summed E-state index contributed by atoms with van der Waals surface area (Å²) in [7, 11) is 0. The number of allylic oxidation sites excluding steroid dienone is 2. The number of carbonyl (C=O) groups excluding carboxylic acids is 1. The van der Waals surface area contributed by atoms with E-state index in [4.69, 9.17) is 11.6 Å². The minimum absolute atomic E-state index is 0.0484. The number of benzene rings is 2. The van der Waals surface area contributed by atoms with Crippen LogP contribution in [0.1, 0.15) is 11.1 Å². The molecule has 5 heteroatoms. The summed E-state index contributed by atoms with van der Waals surface area (Å²) in [4.78, 5) is 11.8. The Hall–Kier alpha value is -2.72. The number of aliphatic hydroxyl groups is 1. The molecule has 0 radical (unpaired) electrons. The molecule has 2 aromatic carbocycles. The summed E-state index contributed by atoms with van der Waals surface area (Å²) in [6, 6.07) is 10.7. The highest BCUT2D eigenvalue weighted by molar-refractivity contribution is 6.30. The Balaban J connectivity index is 2.20. The molecule has 4 nitrogen and oxygen atoms in total. The van der Waals surface area contributed by atoms with Crippen molar-refractivity contribution in [3.05, 3.63) is 70.8 Å². The lowest BCUT2D eigenvalue weighted by Crippen LogP contribution is -1.91. The predicted octanol–water partition coefficient (Wildman–Crippen LogP) is 3.93. The van der Waals surface area contributed by atoms with Gasteiger partial charge in [0.2, 0.25) is 0 Å². The van der Waals surface area contributed by atoms with Crippen LogP contribution in [0.4, 0.5) is 0 Å². The number of halogens is 1. The normalized spacial score (nSPS) is 11.8. The van der Waals surface area contributed by atoms with Gasteiger partial charge in [-0.05, 0) is 36.4 Å². The van der Waals surface area contributed by atoms with E-state index in [0.717, 1.165) is 6.08 Å². The third kappa shape index (κ3) is 3.90. The molecule has 0 aliphatic carbocycles. The van der Waals surface area contributed by atoms with Gasteiger partial charge in [-0.3, -0.25) is 4.79 Å². The van der Waals surface area contributed by atoms with Crippen LogP contribution in [0, 0.1) is 0 Å². The molecule has 22 heavy (non-hydrogen) atoms. The van der Waals surface area contributed by atoms with Crippen molar-refractivity contribution < 1.29 is 20.1 Å². The van der Waals surface area contributed by atoms with Gasteiger partial charge in [-0.25, -0.2) is 0 Å². The first-order chi connectivity index (χ1) is 10.5. The van der Waals surface area contributed by atoms with Crippen molar-refractivity contribution in [2.75, 3.05) is 0 Å². The van der Waals surface area contributed by atoms with Crippen LogP contribution in [0.15, 0.2) is 54.6 Å². The molecule has 0 amide bonds. The number of rotatable bonds is 4. The summed E-state index contributed by atoms with van der Waals surface area (Å²) in [5, 5.41) is 29.4. The molecule has 0 spiro atoms. The zero-order valence-corrected chi connectivity index (χ0v) is 12.2. The number of ketones is 1. The molecule has 0 unspecified atom stereocenters. The van der Waals surface area contributed by atoms with Gasteiger partial charge in [0.25, 0.3) is 0 Å². The second-order valence-electron chi connectivity index (χ2n) is 4.49. The number of phenolic OH excluding ortho intramolecular Hbond substituents is 2. The fourth-order valence-electron chi connectivity index (χ4n) is 1.77. The van der Waals surface area contributed by atoms with Crippen LogP contribution in [0.25, 0.3) is 11.8 Å². The van der Waals surface area contributed by atoms with Gasteiger partial charge in [0.15, 0.2) is 5.78 Å². The summed E-state index contributed by atoms with van der Waals surface area (Å²) in [6.45, 7) is 0. The third-order valence-corrected chi connectivity index (χ3v) is 3.11. The van der Waals surface area contributed by atoms with Gasteiger partial charge >= 0.3 is 0 Å². The smallest absolute Gasteiger partial charge is 0.182 e. The number of hydrogen-bond acceptors (Lipinski definition) is 4. The van der Waals surface area contributed by atoms with E-state index in [1.54, 1.807) is 18.2 Å². The van der Waals surface area contributed by atoms with E-state index in [9.17, 15) is 20.1 Å². The van der Waals surface area contributed by atoms with Gasteiger partial charge in [0.05, 0.1) is 5.56 Å². The Morgan fingerprint density at radius 3 is 2.50 bits per heavy atom. The van der Waals surface area contributed by atoms with Crippen LogP contribution in [-0.4, -0.2) is 21.1 Å². The fourth-order valence-corrected chi connectivity index (χ4v) is 1.95. The van der Waals surface area contributed by atoms with Crippen LogP contribution >= 0.6 is 11.6 Å². The summed E-state index contributed by atoms with van der Waals surface area (Å²) < 4.78 is 0. The van der Waals surface area contributed by atoms with E-state index in [0.29, 0.717) is 10.6 Å². The number of para-hydroxylation sites is 1. The standard InChI is InChI=1S/C17H13ClO4/c18-12-6-8-16(21)14(9-12)17(22)10-13(19)7-5-11-3-1-2-4-15(11)20/h1-10,20-22H/b7-5+,17-10-. The zero-order chi connectivity index (χ0) is 16.1. The second-order valence-corrected chi connectivity index (χ2v) is 4.92. The van der Waals surface area contributed by atoms with Crippen LogP contribution in [-0.2, 0) is 4.79 Å². The molecule has 0 fully saturated rings. The Labute approximate surface area is 132 Å². The molecule has 0 atom stereocenters. The number of aromatic hydroxyl groups is 2. The molecule has 0 saturated heterocycles. The molecule has 0 aliphatic heterocycles. The third-order valence-electron chi connectivity index (χ3n) is 2.88. The Kier molecular flexibility index (Phi) is 4.86. The monoisotopic (exact) mass is 316 g/mol. The maximum atomic E-state index is 11.8. The molecular weight excluding hydrogens is 304 g/mol. The van der Waals surface area contributed by atoms with Gasteiger partial charge in [0.1, 0.15) is 17.3 Å². The number of hydrogen-bond donors (Lipinski definition) is 3. The van der Waals surface area contributed by atoms with Crippen molar-refractivity contribution in [1.29, 1.82) is 0 Å². The second kappa shape index (κ2) is 6.83. The first-order valence-corrected chi connectivity index (χ1v) is 6.75. The Morgan fingerprint density at radius 1 is 1.05 bits per heavy atom. The van der Waals surface area contributed by atoms with E-state index in [2.05, 4.69) is 0 Å². The molecule has 3 N–H and O–H groups in total. The lowest BCUT2D eigenvalue weighted by molar-refractivity contribution is -0.110. The highest BCUT2D eigenvalue weighted by atomic mass is 35.5. The minimum atomic E-state index is -0.500. The molecular formula is C17H13ClO4. The van der Waals surface area contributed by atoms with E-state index in [1.807, 2.05) is 0 Å². The average molecular weight is 317 g/mol. The minimum Gasteiger partial charge on any atom is -0.507 e. The number of aliphatic hydroxyl groups excluding tert-OH is 1. The first kappa shape index (κ1) is 15.7. The van der Waals surface area contributed by atoms with Crippen LogP contribution in [0.3, 0.4) is 0 Å². The molecule has 2 rings (SSSR count). The maximum absolute atomic E-state index is 11.8. The van der Waals surface area contributed by atoms with Gasteiger partial charge in [0, 0.05) is 16.7 Å². The van der Waals surface area contributed by atoms with E-state index < -0.39 is 11.5 Å². The topological polar surface area (TPSA) is 77.8 Å². The van der Waals surface area contributed by atoms with Gasteiger partial charge in [-0.2, -0.15) is 0 Å². The Morgan fingerprint density at radius 2 is 1.77 bits per heavy atom. The molecule has 0 saturated carbocycles. The van der Waals surface area contributed by atoms with Crippen molar-refractivity contribution in [3.63, 3.8) is 0 Å². The Bertz CT molecular complexity index is 763. The molecule has 0 aromatic heterocycles. The molecule has 0 aliphatic rings. The molecule has 0 heterocycles. The first-order valence-electron chi connectivity index (χ1n) is 6.37. The largest absolute Gasteiger partial charge is 0.507 e. The molecule has 112 valence electrons.